The Kier molecular flexibility index (Phi) is 4.79. The molecule has 1 unspecified atom stereocenters. The second-order valence-corrected chi connectivity index (χ2v) is 8.08. The highest BCUT2D eigenvalue weighted by atomic mass is 32.2. The lowest BCUT2D eigenvalue weighted by Crippen LogP contribution is -2.55. The van der Waals surface area contributed by atoms with Crippen molar-refractivity contribution in [3.63, 3.8) is 0 Å². The lowest BCUT2D eigenvalue weighted by molar-refractivity contribution is -0.141. The third-order valence-electron chi connectivity index (χ3n) is 4.59. The number of hydrogen-bond acceptors (Lipinski definition) is 3. The van der Waals surface area contributed by atoms with Gasteiger partial charge < -0.3 is 4.90 Å². The second-order valence-electron chi connectivity index (χ2n) is 6.04. The van der Waals surface area contributed by atoms with E-state index in [0.29, 0.717) is 6.42 Å². The number of piperidine rings is 1. The number of carbonyl (C=O) groups excluding carboxylic acids is 1. The number of hydrogen-bond donors (Lipinski definition) is 0. The van der Waals surface area contributed by atoms with Gasteiger partial charge in [0.25, 0.3) is 0 Å². The van der Waals surface area contributed by atoms with Crippen LogP contribution in [0.1, 0.15) is 38.5 Å². The second kappa shape index (κ2) is 6.06. The molecule has 2 radical (unpaired) electrons. The Morgan fingerprint density at radius 2 is 1.80 bits per heavy atom. The van der Waals surface area contributed by atoms with Crippen molar-refractivity contribution in [3.8, 4) is 0 Å². The van der Waals surface area contributed by atoms with Gasteiger partial charge in [-0.05, 0) is 25.7 Å². The minimum absolute atomic E-state index is 0.0374. The zero-order chi connectivity index (χ0) is 14.9. The van der Waals surface area contributed by atoms with Crippen LogP contribution in [-0.2, 0) is 14.8 Å². The average molecular weight is 298 g/mol. The van der Waals surface area contributed by atoms with Gasteiger partial charge in [-0.2, -0.15) is 4.31 Å². The van der Waals surface area contributed by atoms with Crippen molar-refractivity contribution in [2.45, 2.75) is 56.4 Å². The van der Waals surface area contributed by atoms with Crippen LogP contribution in [0.5, 0.6) is 0 Å². The maximum Gasteiger partial charge on any atom is 0.241 e. The summed E-state index contributed by atoms with van der Waals surface area (Å²) in [4.78, 5) is 14.5. The van der Waals surface area contributed by atoms with Crippen molar-refractivity contribution in [2.24, 2.45) is 0 Å². The van der Waals surface area contributed by atoms with E-state index in [1.54, 1.807) is 0 Å². The van der Waals surface area contributed by atoms with E-state index in [1.807, 2.05) is 4.90 Å². The fourth-order valence-corrected chi connectivity index (χ4v) is 3.88. The number of amides is 1. The molecule has 1 aliphatic carbocycles. The highest BCUT2D eigenvalue weighted by Crippen LogP contribution is 2.31. The van der Waals surface area contributed by atoms with Gasteiger partial charge in [-0.1, -0.05) is 18.7 Å². The van der Waals surface area contributed by atoms with Gasteiger partial charge in [-0.3, -0.25) is 4.79 Å². The van der Waals surface area contributed by atoms with E-state index in [9.17, 15) is 13.2 Å². The number of sulfonamides is 1. The highest BCUT2D eigenvalue weighted by molar-refractivity contribution is 7.88. The molecule has 0 N–H and O–H groups in total. The molecule has 1 amide bonds. The SMILES string of the molecule is [B]C1CCC(N2CCCC(N(C)S(C)(=O)=O)C2=O)CC1. The number of likely N-dealkylation sites (tertiary alicyclic amines) is 1. The lowest BCUT2D eigenvalue weighted by Gasteiger charge is -2.42. The van der Waals surface area contributed by atoms with Crippen LogP contribution < -0.4 is 0 Å². The van der Waals surface area contributed by atoms with Gasteiger partial charge >= 0.3 is 0 Å². The molecular formula is C13H23BN2O3S. The molecule has 1 heterocycles. The molecule has 7 heteroatoms. The Balaban J connectivity index is 2.07. The van der Waals surface area contributed by atoms with Crippen LogP contribution in [-0.4, -0.2) is 63.3 Å². The molecular weight excluding hydrogens is 275 g/mol. The molecule has 112 valence electrons. The van der Waals surface area contributed by atoms with Gasteiger partial charge in [0.1, 0.15) is 6.04 Å². The van der Waals surface area contributed by atoms with Crippen molar-refractivity contribution in [1.29, 1.82) is 0 Å². The molecule has 20 heavy (non-hydrogen) atoms. The first-order valence-corrected chi connectivity index (χ1v) is 9.14. The van der Waals surface area contributed by atoms with E-state index < -0.39 is 16.1 Å². The Labute approximate surface area is 123 Å². The van der Waals surface area contributed by atoms with Gasteiger partial charge in [0.2, 0.25) is 15.9 Å². The zero-order valence-electron chi connectivity index (χ0n) is 12.3. The molecule has 1 saturated carbocycles. The normalized spacial score (nSPS) is 32.6. The van der Waals surface area contributed by atoms with Crippen molar-refractivity contribution >= 4 is 23.8 Å². The van der Waals surface area contributed by atoms with Gasteiger partial charge in [0.05, 0.1) is 14.1 Å². The highest BCUT2D eigenvalue weighted by Gasteiger charge is 2.38. The first-order chi connectivity index (χ1) is 9.30. The van der Waals surface area contributed by atoms with Crippen LogP contribution in [0.3, 0.4) is 0 Å². The van der Waals surface area contributed by atoms with Crippen molar-refractivity contribution in [1.82, 2.24) is 9.21 Å². The van der Waals surface area contributed by atoms with E-state index >= 15 is 0 Å². The predicted octanol–water partition coefficient (Wildman–Crippen LogP) is 0.768. The van der Waals surface area contributed by atoms with Gasteiger partial charge in [0.15, 0.2) is 0 Å². The Morgan fingerprint density at radius 1 is 1.20 bits per heavy atom. The summed E-state index contributed by atoms with van der Waals surface area (Å²) in [6.45, 7) is 0.743. The van der Waals surface area contributed by atoms with Gasteiger partial charge in [0, 0.05) is 19.6 Å². The van der Waals surface area contributed by atoms with E-state index in [-0.39, 0.29) is 17.8 Å². The van der Waals surface area contributed by atoms with E-state index in [4.69, 9.17) is 7.85 Å². The average Bonchev–Trinajstić information content (AvgIpc) is 2.38. The molecule has 2 rings (SSSR count). The molecule has 1 atom stereocenters. The number of likely N-dealkylation sites (N-methyl/N-ethyl adjacent to an activating group) is 1. The summed E-state index contributed by atoms with van der Waals surface area (Å²) in [6.07, 6.45) is 6.38. The first-order valence-electron chi connectivity index (χ1n) is 7.29. The summed E-state index contributed by atoms with van der Waals surface area (Å²) in [6, 6.07) is -0.299. The fraction of sp³-hybridized carbons (Fsp3) is 0.923. The molecule has 0 aromatic rings. The number of nitrogens with zero attached hydrogens (tertiary/aromatic N) is 2. The lowest BCUT2D eigenvalue weighted by atomic mass is 9.73. The molecule has 0 aromatic heterocycles. The van der Waals surface area contributed by atoms with Crippen LogP contribution in [0.4, 0.5) is 0 Å². The van der Waals surface area contributed by atoms with E-state index in [2.05, 4.69) is 0 Å². The summed E-state index contributed by atoms with van der Waals surface area (Å²) in [5, 5.41) is 0. The number of carbonyl (C=O) groups is 1. The quantitative estimate of drug-likeness (QED) is 0.723. The summed E-state index contributed by atoms with van der Waals surface area (Å²) in [7, 11) is 4.07. The summed E-state index contributed by atoms with van der Waals surface area (Å²) >= 11 is 0. The summed E-state index contributed by atoms with van der Waals surface area (Å²) in [5.41, 5.74) is 0. The maximum atomic E-state index is 12.6. The summed E-state index contributed by atoms with van der Waals surface area (Å²) in [5.74, 6) is 0.213. The van der Waals surface area contributed by atoms with Crippen LogP contribution in [0, 0.1) is 0 Å². The van der Waals surface area contributed by atoms with Crippen LogP contribution in [0.2, 0.25) is 5.82 Å². The molecule has 1 aliphatic heterocycles. The Bertz CT molecular complexity index is 460. The minimum Gasteiger partial charge on any atom is -0.338 e. The monoisotopic (exact) mass is 298 g/mol. The predicted molar refractivity (Wildman–Crippen MR) is 79.1 cm³/mol. The smallest absolute Gasteiger partial charge is 0.241 e. The van der Waals surface area contributed by atoms with Crippen LogP contribution in [0.25, 0.3) is 0 Å². The molecule has 0 bridgehead atoms. The summed E-state index contributed by atoms with van der Waals surface area (Å²) < 4.78 is 24.5. The Morgan fingerprint density at radius 3 is 2.35 bits per heavy atom. The Hall–Kier alpha value is -0.555. The largest absolute Gasteiger partial charge is 0.338 e. The molecule has 1 saturated heterocycles. The van der Waals surface area contributed by atoms with Crippen molar-refractivity contribution < 1.29 is 13.2 Å². The topological polar surface area (TPSA) is 57.7 Å². The number of rotatable bonds is 3. The minimum atomic E-state index is -3.33. The van der Waals surface area contributed by atoms with Crippen LogP contribution in [0.15, 0.2) is 0 Å². The zero-order valence-corrected chi connectivity index (χ0v) is 13.1. The third kappa shape index (κ3) is 3.36. The van der Waals surface area contributed by atoms with Gasteiger partial charge in [-0.15, -0.1) is 0 Å². The van der Waals surface area contributed by atoms with Crippen molar-refractivity contribution in [3.05, 3.63) is 0 Å². The van der Waals surface area contributed by atoms with Crippen molar-refractivity contribution in [2.75, 3.05) is 19.8 Å². The molecule has 0 spiro atoms. The van der Waals surface area contributed by atoms with E-state index in [0.717, 1.165) is 44.9 Å². The first kappa shape index (κ1) is 15.8. The molecule has 2 aliphatic rings. The molecule has 0 aromatic carbocycles. The standard InChI is InChI=1S/C13H23BN2O3S/c1-15(20(2,18)19)12-4-3-9-16(13(12)17)11-7-5-10(14)6-8-11/h10-12H,3-9H2,1-2H3. The fourth-order valence-electron chi connectivity index (χ4n) is 3.22. The molecule has 2 fully saturated rings. The van der Waals surface area contributed by atoms with Crippen LogP contribution >= 0.6 is 0 Å². The molecule has 5 nitrogen and oxygen atoms in total. The van der Waals surface area contributed by atoms with Gasteiger partial charge in [-0.25, -0.2) is 8.42 Å². The van der Waals surface area contributed by atoms with E-state index in [1.165, 1.54) is 11.4 Å². The third-order valence-corrected chi connectivity index (χ3v) is 5.89. The maximum absolute atomic E-state index is 12.6.